The van der Waals surface area contributed by atoms with E-state index in [2.05, 4.69) is 22.3 Å². The summed E-state index contributed by atoms with van der Waals surface area (Å²) >= 11 is 0. The summed E-state index contributed by atoms with van der Waals surface area (Å²) < 4.78 is 17.3. The Bertz CT molecular complexity index is 2320. The van der Waals surface area contributed by atoms with Gasteiger partial charge in [0.25, 0.3) is 0 Å². The number of fused-ring (bicyclic) bond motifs is 2. The number of hydrogen-bond donors (Lipinski definition) is 4. The fourth-order valence-corrected chi connectivity index (χ4v) is 6.15. The van der Waals surface area contributed by atoms with Crippen LogP contribution in [-0.4, -0.2) is 45.1 Å². The molecule has 11 heteroatoms. The molecular formula is C41H37N3O8. The number of carbonyl (C=O) groups excluding carboxylic acids is 3. The highest BCUT2D eigenvalue weighted by atomic mass is 16.6. The van der Waals surface area contributed by atoms with Gasteiger partial charge >= 0.3 is 23.9 Å². The number of anilines is 1. The summed E-state index contributed by atoms with van der Waals surface area (Å²) in [4.78, 5) is 58.6. The van der Waals surface area contributed by atoms with Gasteiger partial charge in [-0.1, -0.05) is 66.9 Å². The average molecular weight is 700 g/mol. The number of para-hydroxylation sites is 3. The number of carbonyl (C=O) groups is 4. The van der Waals surface area contributed by atoms with Crippen LogP contribution in [0, 0.1) is 0 Å². The topological polar surface area (TPSA) is 174 Å². The first kappa shape index (κ1) is 35.3. The standard InChI is InChI=1S/C41H37N3O8/c1-24(28-9-3-6-12-32(28)42)15-18-37(46)52-40-35(50-36(45)19-16-26-22-43-33-13-7-4-10-29(26)33)21-31(41(48)49)25(2)39(40)51-38(47)20-17-27-23-44-34-14-8-5-11-30(27)34/h3-14,22-23,40,43-44H,1,15-20,42H2,2H3,(H,48,49)/t40-/m1/s1. The van der Waals surface area contributed by atoms with E-state index in [1.165, 1.54) is 6.92 Å². The van der Waals surface area contributed by atoms with Crippen molar-refractivity contribution in [3.8, 4) is 0 Å². The Morgan fingerprint density at radius 2 is 1.33 bits per heavy atom. The van der Waals surface area contributed by atoms with E-state index in [9.17, 15) is 24.3 Å². The SMILES string of the molecule is C=C(CCC(=O)O[C@@H]1C(OC(=O)CCc2c[nH]c3ccccc23)=C=C(C(=O)O)C(C)=C1OC(=O)CCc1c[nH]c2ccccc12)c1ccccc1N. The van der Waals surface area contributed by atoms with E-state index in [-0.39, 0.29) is 37.0 Å². The fraction of sp³-hybridized carbons (Fsp3) is 0.195. The number of H-pyrrole nitrogens is 2. The molecule has 3 aromatic carbocycles. The number of allylic oxidation sites excluding steroid dienone is 1. The van der Waals surface area contributed by atoms with E-state index < -0.39 is 41.3 Å². The maximum absolute atomic E-state index is 13.4. The van der Waals surface area contributed by atoms with Gasteiger partial charge in [-0.25, -0.2) is 4.79 Å². The van der Waals surface area contributed by atoms with E-state index >= 15 is 0 Å². The van der Waals surface area contributed by atoms with E-state index in [4.69, 9.17) is 19.9 Å². The van der Waals surface area contributed by atoms with Gasteiger partial charge in [0.15, 0.2) is 11.5 Å². The molecule has 264 valence electrons. The number of nitrogens with two attached hydrogens (primary N) is 1. The van der Waals surface area contributed by atoms with Crippen LogP contribution in [0.2, 0.25) is 0 Å². The molecule has 0 fully saturated rings. The van der Waals surface area contributed by atoms with Crippen molar-refractivity contribution < 1.29 is 38.5 Å². The first-order valence-corrected chi connectivity index (χ1v) is 16.8. The van der Waals surface area contributed by atoms with Crippen LogP contribution in [0.15, 0.2) is 120 Å². The van der Waals surface area contributed by atoms with Crippen molar-refractivity contribution in [1.82, 2.24) is 9.97 Å². The minimum atomic E-state index is -1.57. The molecule has 0 unspecified atom stereocenters. The Morgan fingerprint density at radius 1 is 0.769 bits per heavy atom. The van der Waals surface area contributed by atoms with Crippen LogP contribution in [0.1, 0.15) is 49.3 Å². The molecule has 0 amide bonds. The lowest BCUT2D eigenvalue weighted by Crippen LogP contribution is -2.31. The highest BCUT2D eigenvalue weighted by Crippen LogP contribution is 2.32. The lowest BCUT2D eigenvalue weighted by molar-refractivity contribution is -0.156. The summed E-state index contributed by atoms with van der Waals surface area (Å²) in [6.07, 6.45) is 2.55. The van der Waals surface area contributed by atoms with Crippen LogP contribution >= 0.6 is 0 Å². The van der Waals surface area contributed by atoms with Gasteiger partial charge in [-0.3, -0.25) is 14.4 Å². The molecule has 5 aromatic rings. The van der Waals surface area contributed by atoms with E-state index in [0.717, 1.165) is 32.9 Å². The second-order valence-electron chi connectivity index (χ2n) is 12.4. The molecule has 1 atom stereocenters. The molecule has 6 rings (SSSR count). The summed E-state index contributed by atoms with van der Waals surface area (Å²) in [5.74, 6) is -4.27. The quantitative estimate of drug-likeness (QED) is 0.0409. The minimum absolute atomic E-state index is 0.00851. The fourth-order valence-electron chi connectivity index (χ4n) is 6.15. The van der Waals surface area contributed by atoms with Crippen LogP contribution in [0.4, 0.5) is 5.69 Å². The zero-order valence-electron chi connectivity index (χ0n) is 28.5. The molecule has 0 saturated carbocycles. The molecule has 52 heavy (non-hydrogen) atoms. The molecule has 5 N–H and O–H groups in total. The van der Waals surface area contributed by atoms with Crippen molar-refractivity contribution in [2.75, 3.05) is 5.73 Å². The van der Waals surface area contributed by atoms with Gasteiger partial charge in [0.2, 0.25) is 6.10 Å². The van der Waals surface area contributed by atoms with Gasteiger partial charge in [-0.2, -0.15) is 0 Å². The van der Waals surface area contributed by atoms with Crippen LogP contribution < -0.4 is 5.73 Å². The molecule has 0 saturated heterocycles. The number of carboxylic acids is 1. The van der Waals surface area contributed by atoms with Crippen LogP contribution in [0.5, 0.6) is 0 Å². The third-order valence-corrected chi connectivity index (χ3v) is 8.90. The van der Waals surface area contributed by atoms with Crippen molar-refractivity contribution in [3.63, 3.8) is 0 Å². The zero-order valence-corrected chi connectivity index (χ0v) is 28.5. The first-order valence-electron chi connectivity index (χ1n) is 16.8. The van der Waals surface area contributed by atoms with E-state index in [0.29, 0.717) is 29.7 Å². The molecule has 1 aliphatic rings. The number of rotatable bonds is 14. The number of hydrogen-bond acceptors (Lipinski definition) is 8. The van der Waals surface area contributed by atoms with Crippen LogP contribution in [0.3, 0.4) is 0 Å². The van der Waals surface area contributed by atoms with Crippen molar-refractivity contribution >= 4 is 56.9 Å². The Labute approximate surface area is 299 Å². The molecule has 0 bridgehead atoms. The van der Waals surface area contributed by atoms with Crippen molar-refractivity contribution in [2.24, 2.45) is 0 Å². The third-order valence-electron chi connectivity index (χ3n) is 8.90. The molecule has 1 aliphatic carbocycles. The number of nitrogen functional groups attached to an aromatic ring is 1. The number of ether oxygens (including phenoxy) is 3. The van der Waals surface area contributed by atoms with Crippen LogP contribution in [0.25, 0.3) is 27.4 Å². The van der Waals surface area contributed by atoms with Crippen molar-refractivity contribution in [1.29, 1.82) is 0 Å². The second kappa shape index (κ2) is 15.5. The number of benzene rings is 3. The van der Waals surface area contributed by atoms with Crippen LogP contribution in [-0.2, 0) is 46.2 Å². The predicted molar refractivity (Wildman–Crippen MR) is 195 cm³/mol. The molecule has 0 aliphatic heterocycles. The average Bonchev–Trinajstić information content (AvgIpc) is 3.75. The Morgan fingerprint density at radius 3 is 1.92 bits per heavy atom. The van der Waals surface area contributed by atoms with Crippen molar-refractivity contribution in [2.45, 2.75) is 51.6 Å². The molecule has 0 spiro atoms. The summed E-state index contributed by atoms with van der Waals surface area (Å²) in [6.45, 7) is 5.46. The lowest BCUT2D eigenvalue weighted by atomic mass is 9.98. The lowest BCUT2D eigenvalue weighted by Gasteiger charge is -2.26. The second-order valence-corrected chi connectivity index (χ2v) is 12.4. The number of aromatic nitrogens is 2. The van der Waals surface area contributed by atoms with Gasteiger partial charge < -0.3 is 35.0 Å². The van der Waals surface area contributed by atoms with Gasteiger partial charge in [-0.05, 0) is 66.6 Å². The maximum Gasteiger partial charge on any atom is 0.344 e. The molecule has 2 heterocycles. The zero-order chi connectivity index (χ0) is 36.8. The van der Waals surface area contributed by atoms with E-state index in [1.54, 1.807) is 24.3 Å². The normalized spacial score (nSPS) is 14.1. The largest absolute Gasteiger partial charge is 0.477 e. The highest BCUT2D eigenvalue weighted by Gasteiger charge is 2.37. The summed E-state index contributed by atoms with van der Waals surface area (Å²) in [6, 6.07) is 22.4. The summed E-state index contributed by atoms with van der Waals surface area (Å²) in [5, 5.41) is 12.0. The number of aryl methyl sites for hydroxylation is 2. The Hall–Kier alpha value is -6.58. The van der Waals surface area contributed by atoms with E-state index in [1.807, 2.05) is 60.9 Å². The van der Waals surface area contributed by atoms with Gasteiger partial charge in [-0.15, -0.1) is 0 Å². The predicted octanol–water partition coefficient (Wildman–Crippen LogP) is 7.07. The number of aromatic amines is 2. The molecule has 0 radical (unpaired) electrons. The van der Waals surface area contributed by atoms with Gasteiger partial charge in [0.05, 0.1) is 12.8 Å². The number of esters is 3. The third kappa shape index (κ3) is 7.90. The summed E-state index contributed by atoms with van der Waals surface area (Å²) in [5.41, 5.74) is 13.7. The summed E-state index contributed by atoms with van der Waals surface area (Å²) in [7, 11) is 0. The number of nitrogens with one attached hydrogen (secondary N) is 2. The minimum Gasteiger partial charge on any atom is -0.477 e. The van der Waals surface area contributed by atoms with Gasteiger partial charge in [0.1, 0.15) is 5.57 Å². The highest BCUT2D eigenvalue weighted by molar-refractivity contribution is 5.93. The Balaban J connectivity index is 1.22. The smallest absolute Gasteiger partial charge is 0.344 e. The monoisotopic (exact) mass is 699 g/mol. The molecule has 11 nitrogen and oxygen atoms in total. The number of aliphatic carboxylic acids is 1. The maximum atomic E-state index is 13.4. The van der Waals surface area contributed by atoms with Crippen molar-refractivity contribution in [3.05, 3.63) is 137 Å². The first-order chi connectivity index (χ1) is 25.1. The van der Waals surface area contributed by atoms with Gasteiger partial charge in [0, 0.05) is 51.9 Å². The molecular weight excluding hydrogens is 662 g/mol. The Kier molecular flexibility index (Phi) is 10.5. The number of carboxylic acid groups (broad SMARTS) is 1. The molecule has 2 aromatic heterocycles.